The highest BCUT2D eigenvalue weighted by molar-refractivity contribution is 7.14. The van der Waals surface area contributed by atoms with Crippen LogP contribution in [0.25, 0.3) is 0 Å². The van der Waals surface area contributed by atoms with Gasteiger partial charge in [0.05, 0.1) is 5.56 Å². The van der Waals surface area contributed by atoms with E-state index in [1.807, 2.05) is 0 Å². The largest absolute Gasteiger partial charge is 0.454 e. The number of nitrogens with one attached hydrogen (secondary N) is 2. The van der Waals surface area contributed by atoms with Crippen LogP contribution >= 0.6 is 11.3 Å². The molecule has 1 aromatic heterocycles. The summed E-state index contributed by atoms with van der Waals surface area (Å²) < 4.78 is 4.81. The Morgan fingerprint density at radius 2 is 1.96 bits per heavy atom. The summed E-state index contributed by atoms with van der Waals surface area (Å²) in [7, 11) is 0. The summed E-state index contributed by atoms with van der Waals surface area (Å²) in [6, 6.07) is 0.787. The van der Waals surface area contributed by atoms with Gasteiger partial charge in [-0.3, -0.25) is 24.1 Å². The molecule has 11 heteroatoms. The fraction of sp³-hybridized carbons (Fsp3) is 0.438. The van der Waals surface area contributed by atoms with Crippen molar-refractivity contribution in [3.8, 4) is 0 Å². The number of primary amides is 1. The van der Waals surface area contributed by atoms with Gasteiger partial charge in [0.2, 0.25) is 0 Å². The van der Waals surface area contributed by atoms with Gasteiger partial charge in [-0.25, -0.2) is 4.79 Å². The number of urea groups is 1. The standard InChI is InChI=1S/C16H20N4O6S/c1-3-16(4-2)14(24)20(15(25)19-16)7-11(22)26-8-10(21)18-13-9(12(17)23)5-6-27-13/h5-6H,3-4,7-8H2,1-2H3,(H2,17,23)(H,18,21)(H,19,25). The van der Waals surface area contributed by atoms with Gasteiger partial charge in [-0.05, 0) is 24.3 Å². The fourth-order valence-electron chi connectivity index (χ4n) is 2.63. The predicted octanol–water partition coefficient (Wildman–Crippen LogP) is 0.439. The van der Waals surface area contributed by atoms with Crippen LogP contribution in [0.1, 0.15) is 37.0 Å². The van der Waals surface area contributed by atoms with Crippen molar-refractivity contribution in [2.75, 3.05) is 18.5 Å². The zero-order valence-corrected chi connectivity index (χ0v) is 15.7. The number of nitrogens with zero attached hydrogens (tertiary/aromatic N) is 1. The number of rotatable bonds is 8. The molecule has 0 atom stereocenters. The number of imide groups is 1. The van der Waals surface area contributed by atoms with Crippen LogP contribution in [0.4, 0.5) is 9.80 Å². The molecule has 1 fully saturated rings. The normalized spacial score (nSPS) is 15.4. The van der Waals surface area contributed by atoms with Gasteiger partial charge in [-0.1, -0.05) is 13.8 Å². The van der Waals surface area contributed by atoms with Crippen LogP contribution in [0.2, 0.25) is 0 Å². The van der Waals surface area contributed by atoms with Gasteiger partial charge in [-0.2, -0.15) is 0 Å². The lowest BCUT2D eigenvalue weighted by Crippen LogP contribution is -2.46. The number of nitrogens with two attached hydrogens (primary N) is 1. The lowest BCUT2D eigenvalue weighted by atomic mass is 9.93. The highest BCUT2D eigenvalue weighted by Gasteiger charge is 2.49. The third-order valence-electron chi connectivity index (χ3n) is 4.29. The van der Waals surface area contributed by atoms with E-state index in [2.05, 4.69) is 10.6 Å². The maximum Gasteiger partial charge on any atom is 0.326 e. The van der Waals surface area contributed by atoms with Crippen LogP contribution in [0.5, 0.6) is 0 Å². The van der Waals surface area contributed by atoms with Gasteiger partial charge in [0.1, 0.15) is 17.1 Å². The minimum absolute atomic E-state index is 0.148. The van der Waals surface area contributed by atoms with E-state index >= 15 is 0 Å². The summed E-state index contributed by atoms with van der Waals surface area (Å²) in [6.45, 7) is 2.30. The molecule has 0 bridgehead atoms. The van der Waals surface area contributed by atoms with Crippen molar-refractivity contribution in [3.63, 3.8) is 0 Å². The Hall–Kier alpha value is -2.95. The van der Waals surface area contributed by atoms with Gasteiger partial charge in [0, 0.05) is 0 Å². The van der Waals surface area contributed by atoms with Crippen LogP contribution in [0, 0.1) is 0 Å². The molecule has 27 heavy (non-hydrogen) atoms. The number of hydrogen-bond acceptors (Lipinski definition) is 7. The van der Waals surface area contributed by atoms with Crippen molar-refractivity contribution in [1.29, 1.82) is 0 Å². The van der Waals surface area contributed by atoms with E-state index in [9.17, 15) is 24.0 Å². The summed E-state index contributed by atoms with van der Waals surface area (Å²) in [6.07, 6.45) is 0.788. The van der Waals surface area contributed by atoms with Gasteiger partial charge >= 0.3 is 12.0 Å². The molecule has 5 amide bonds. The second kappa shape index (κ2) is 8.16. The van der Waals surface area contributed by atoms with E-state index in [0.29, 0.717) is 12.8 Å². The highest BCUT2D eigenvalue weighted by atomic mass is 32.1. The first-order chi connectivity index (χ1) is 12.7. The number of carbonyl (C=O) groups excluding carboxylic acids is 5. The predicted molar refractivity (Wildman–Crippen MR) is 96.0 cm³/mol. The van der Waals surface area contributed by atoms with E-state index in [0.717, 1.165) is 16.2 Å². The summed E-state index contributed by atoms with van der Waals surface area (Å²) >= 11 is 1.09. The number of hydrogen-bond donors (Lipinski definition) is 3. The third kappa shape index (κ3) is 4.25. The molecule has 0 aliphatic carbocycles. The lowest BCUT2D eigenvalue weighted by molar-refractivity contribution is -0.150. The minimum atomic E-state index is -1.01. The maximum atomic E-state index is 12.4. The molecule has 10 nitrogen and oxygen atoms in total. The van der Waals surface area contributed by atoms with Crippen molar-refractivity contribution >= 4 is 46.1 Å². The number of ether oxygens (including phenoxy) is 1. The zero-order chi connectivity index (χ0) is 20.2. The van der Waals surface area contributed by atoms with Crippen LogP contribution in [0.3, 0.4) is 0 Å². The smallest absolute Gasteiger partial charge is 0.326 e. The molecule has 0 radical (unpaired) electrons. The number of esters is 1. The molecule has 4 N–H and O–H groups in total. The average molecular weight is 396 g/mol. The summed E-state index contributed by atoms with van der Waals surface area (Å²) in [5.41, 5.74) is 4.31. The van der Waals surface area contributed by atoms with Crippen molar-refractivity contribution in [2.45, 2.75) is 32.2 Å². The first-order valence-electron chi connectivity index (χ1n) is 8.21. The van der Waals surface area contributed by atoms with Crippen molar-refractivity contribution < 1.29 is 28.7 Å². The Morgan fingerprint density at radius 3 is 2.52 bits per heavy atom. The van der Waals surface area contributed by atoms with E-state index in [4.69, 9.17) is 10.5 Å². The average Bonchev–Trinajstić information content (AvgIpc) is 3.18. The van der Waals surface area contributed by atoms with Crippen LogP contribution < -0.4 is 16.4 Å². The number of thiophene rings is 1. The molecule has 0 spiro atoms. The second-order valence-corrected chi connectivity index (χ2v) is 6.76. The van der Waals surface area contributed by atoms with Crippen molar-refractivity contribution in [2.24, 2.45) is 5.73 Å². The second-order valence-electron chi connectivity index (χ2n) is 5.85. The first-order valence-corrected chi connectivity index (χ1v) is 9.09. The number of amides is 5. The Balaban J connectivity index is 1.88. The molecule has 2 heterocycles. The van der Waals surface area contributed by atoms with Gasteiger partial charge < -0.3 is 21.1 Å². The Morgan fingerprint density at radius 1 is 1.30 bits per heavy atom. The molecule has 0 saturated carbocycles. The molecular formula is C16H20N4O6S. The Kier molecular flexibility index (Phi) is 6.16. The quantitative estimate of drug-likeness (QED) is 0.429. The number of carbonyl (C=O) groups is 5. The number of anilines is 1. The van der Waals surface area contributed by atoms with Gasteiger partial charge in [0.25, 0.3) is 17.7 Å². The zero-order valence-electron chi connectivity index (χ0n) is 14.9. The summed E-state index contributed by atoms with van der Waals surface area (Å²) in [5, 5.41) is 6.82. The van der Waals surface area contributed by atoms with E-state index in [-0.39, 0.29) is 10.6 Å². The lowest BCUT2D eigenvalue weighted by Gasteiger charge is -2.22. The van der Waals surface area contributed by atoms with Crippen LogP contribution in [-0.4, -0.2) is 53.3 Å². The Labute approximate surface area is 159 Å². The minimum Gasteiger partial charge on any atom is -0.454 e. The van der Waals surface area contributed by atoms with Gasteiger partial charge in [0.15, 0.2) is 6.61 Å². The summed E-state index contributed by atoms with van der Waals surface area (Å²) in [4.78, 5) is 60.1. The summed E-state index contributed by atoms with van der Waals surface area (Å²) in [5.74, 6) is -2.78. The monoisotopic (exact) mass is 396 g/mol. The first kappa shape index (κ1) is 20.4. The SMILES string of the molecule is CCC1(CC)NC(=O)N(CC(=O)OCC(=O)Nc2sccc2C(N)=O)C1=O. The van der Waals surface area contributed by atoms with Crippen molar-refractivity contribution in [1.82, 2.24) is 10.2 Å². The van der Waals surface area contributed by atoms with E-state index < -0.39 is 48.4 Å². The molecule has 0 aromatic carbocycles. The molecule has 1 aromatic rings. The molecule has 2 rings (SSSR count). The fourth-order valence-corrected chi connectivity index (χ4v) is 3.44. The van der Waals surface area contributed by atoms with E-state index in [1.54, 1.807) is 19.2 Å². The molecular weight excluding hydrogens is 376 g/mol. The van der Waals surface area contributed by atoms with Gasteiger partial charge in [-0.15, -0.1) is 11.3 Å². The molecule has 146 valence electrons. The van der Waals surface area contributed by atoms with Crippen molar-refractivity contribution in [3.05, 3.63) is 17.0 Å². The Bertz CT molecular complexity index is 786. The molecule has 0 unspecified atom stereocenters. The maximum absolute atomic E-state index is 12.4. The van der Waals surface area contributed by atoms with Crippen LogP contribution in [0.15, 0.2) is 11.4 Å². The molecule has 1 aliphatic heterocycles. The van der Waals surface area contributed by atoms with Crippen LogP contribution in [-0.2, 0) is 19.1 Å². The molecule has 1 saturated heterocycles. The molecule has 1 aliphatic rings. The topological polar surface area (TPSA) is 148 Å². The third-order valence-corrected chi connectivity index (χ3v) is 5.12. The van der Waals surface area contributed by atoms with E-state index in [1.165, 1.54) is 6.07 Å². The highest BCUT2D eigenvalue weighted by Crippen LogP contribution is 2.25.